The molecule has 1 atom stereocenters. The zero-order chi connectivity index (χ0) is 12.5. The van der Waals surface area contributed by atoms with Crippen LogP contribution in [0.25, 0.3) is 0 Å². The molecule has 0 aromatic heterocycles. The van der Waals surface area contributed by atoms with E-state index in [0.29, 0.717) is 17.0 Å². The average molecular weight is 238 g/mol. The second-order valence-corrected chi connectivity index (χ2v) is 7.38. The fraction of sp³-hybridized carbons (Fsp3) is 1.00. The number of nitrogens with one attached hydrogen (secondary N) is 1. The molecule has 1 aliphatic carbocycles. The van der Waals surface area contributed by atoms with Crippen molar-refractivity contribution in [2.24, 2.45) is 5.41 Å². The first-order valence-corrected chi connectivity index (χ1v) is 7.40. The highest BCUT2D eigenvalue weighted by molar-refractivity contribution is 4.95. The Morgan fingerprint density at radius 1 is 1.12 bits per heavy atom. The van der Waals surface area contributed by atoms with Crippen LogP contribution < -0.4 is 5.32 Å². The van der Waals surface area contributed by atoms with Crippen molar-refractivity contribution in [3.8, 4) is 0 Å². The first-order valence-electron chi connectivity index (χ1n) is 7.40. The van der Waals surface area contributed by atoms with E-state index in [4.69, 9.17) is 0 Å². The van der Waals surface area contributed by atoms with Crippen molar-refractivity contribution < 1.29 is 0 Å². The molecule has 1 saturated heterocycles. The van der Waals surface area contributed by atoms with Crippen LogP contribution in [0.4, 0.5) is 0 Å². The number of rotatable bonds is 1. The fourth-order valence-corrected chi connectivity index (χ4v) is 3.45. The van der Waals surface area contributed by atoms with Gasteiger partial charge in [0.05, 0.1) is 0 Å². The summed E-state index contributed by atoms with van der Waals surface area (Å²) < 4.78 is 0. The van der Waals surface area contributed by atoms with Crippen molar-refractivity contribution in [2.45, 2.75) is 71.4 Å². The van der Waals surface area contributed by atoms with Crippen molar-refractivity contribution >= 4 is 0 Å². The maximum absolute atomic E-state index is 3.75. The van der Waals surface area contributed by atoms with Crippen LogP contribution in [0.2, 0.25) is 0 Å². The minimum atomic E-state index is 0.373. The molecule has 0 spiro atoms. The van der Waals surface area contributed by atoms with Crippen LogP contribution >= 0.6 is 0 Å². The van der Waals surface area contributed by atoms with Crippen LogP contribution in [0.3, 0.4) is 0 Å². The fourth-order valence-electron chi connectivity index (χ4n) is 3.45. The van der Waals surface area contributed by atoms with Crippen LogP contribution in [0, 0.1) is 5.41 Å². The largest absolute Gasteiger partial charge is 0.312 e. The third-order valence-corrected chi connectivity index (χ3v) is 4.89. The molecule has 2 nitrogen and oxygen atoms in total. The normalized spacial score (nSPS) is 31.4. The molecule has 1 saturated carbocycles. The molecule has 17 heavy (non-hydrogen) atoms. The van der Waals surface area contributed by atoms with Gasteiger partial charge in [-0.2, -0.15) is 0 Å². The molecule has 2 rings (SSSR count). The van der Waals surface area contributed by atoms with E-state index >= 15 is 0 Å². The van der Waals surface area contributed by atoms with E-state index in [1.807, 2.05) is 0 Å². The summed E-state index contributed by atoms with van der Waals surface area (Å²) in [6.07, 6.45) is 6.98. The van der Waals surface area contributed by atoms with Crippen LogP contribution in [-0.4, -0.2) is 36.1 Å². The van der Waals surface area contributed by atoms with Gasteiger partial charge < -0.3 is 5.32 Å². The van der Waals surface area contributed by atoms with Crippen molar-refractivity contribution in [1.29, 1.82) is 0 Å². The van der Waals surface area contributed by atoms with Gasteiger partial charge in [0.15, 0.2) is 0 Å². The average Bonchev–Trinajstić information content (AvgIpc) is 2.54. The topological polar surface area (TPSA) is 15.3 Å². The molecule has 2 heteroatoms. The quantitative estimate of drug-likeness (QED) is 0.755. The van der Waals surface area contributed by atoms with Gasteiger partial charge in [-0.25, -0.2) is 0 Å². The minimum Gasteiger partial charge on any atom is -0.312 e. The second kappa shape index (κ2) is 4.89. The summed E-state index contributed by atoms with van der Waals surface area (Å²) >= 11 is 0. The predicted octanol–water partition coefficient (Wildman–Crippen LogP) is 3.03. The van der Waals surface area contributed by atoms with E-state index in [0.717, 1.165) is 0 Å². The van der Waals surface area contributed by atoms with Crippen molar-refractivity contribution in [2.75, 3.05) is 19.6 Å². The molecule has 1 heterocycles. The molecular weight excluding hydrogens is 208 g/mol. The summed E-state index contributed by atoms with van der Waals surface area (Å²) in [7, 11) is 0. The van der Waals surface area contributed by atoms with Crippen molar-refractivity contribution in [3.05, 3.63) is 0 Å². The van der Waals surface area contributed by atoms with Crippen molar-refractivity contribution in [1.82, 2.24) is 10.2 Å². The molecule has 2 fully saturated rings. The number of nitrogens with zero attached hydrogens (tertiary/aromatic N) is 1. The van der Waals surface area contributed by atoms with Gasteiger partial charge in [0.25, 0.3) is 0 Å². The van der Waals surface area contributed by atoms with Crippen molar-refractivity contribution in [3.63, 3.8) is 0 Å². The molecule has 0 bridgehead atoms. The molecule has 0 amide bonds. The van der Waals surface area contributed by atoms with Gasteiger partial charge in [0.2, 0.25) is 0 Å². The zero-order valence-electron chi connectivity index (χ0n) is 12.2. The van der Waals surface area contributed by atoms with Gasteiger partial charge in [-0.05, 0) is 44.7 Å². The van der Waals surface area contributed by atoms with Gasteiger partial charge in [0.1, 0.15) is 0 Å². The van der Waals surface area contributed by atoms with E-state index < -0.39 is 0 Å². The standard InChI is InChI=1S/C15H30N2/c1-14(2,3)13-12-17(11-7-10-16-13)15(4)8-5-6-9-15/h13,16H,5-12H2,1-4H3. The number of hydrogen-bond donors (Lipinski definition) is 1. The van der Waals surface area contributed by atoms with E-state index in [2.05, 4.69) is 37.9 Å². The lowest BCUT2D eigenvalue weighted by molar-refractivity contribution is 0.0874. The van der Waals surface area contributed by atoms with Crippen LogP contribution in [0.5, 0.6) is 0 Å². The molecule has 0 aromatic carbocycles. The SMILES string of the molecule is CC(C)(C)C1CN(C2(C)CCCC2)CCCN1. The third-order valence-electron chi connectivity index (χ3n) is 4.89. The Morgan fingerprint density at radius 2 is 1.76 bits per heavy atom. The third kappa shape index (κ3) is 3.03. The maximum Gasteiger partial charge on any atom is 0.0243 e. The molecule has 1 unspecified atom stereocenters. The summed E-state index contributed by atoms with van der Waals surface area (Å²) in [5, 5.41) is 3.75. The highest BCUT2D eigenvalue weighted by Gasteiger charge is 2.38. The van der Waals surface area contributed by atoms with Gasteiger partial charge in [-0.3, -0.25) is 4.90 Å². The van der Waals surface area contributed by atoms with Gasteiger partial charge in [0, 0.05) is 18.1 Å². The highest BCUT2D eigenvalue weighted by atomic mass is 15.2. The second-order valence-electron chi connectivity index (χ2n) is 7.38. The lowest BCUT2D eigenvalue weighted by Gasteiger charge is -2.42. The number of hydrogen-bond acceptors (Lipinski definition) is 2. The highest BCUT2D eigenvalue weighted by Crippen LogP contribution is 2.36. The first-order chi connectivity index (χ1) is 7.92. The van der Waals surface area contributed by atoms with Crippen LogP contribution in [-0.2, 0) is 0 Å². The Morgan fingerprint density at radius 3 is 2.35 bits per heavy atom. The summed E-state index contributed by atoms with van der Waals surface area (Å²) in [5.74, 6) is 0. The van der Waals surface area contributed by atoms with Crippen LogP contribution in [0.15, 0.2) is 0 Å². The molecule has 100 valence electrons. The van der Waals surface area contributed by atoms with E-state index in [-0.39, 0.29) is 0 Å². The zero-order valence-corrected chi connectivity index (χ0v) is 12.2. The Hall–Kier alpha value is -0.0800. The Bertz CT molecular complexity index is 248. The molecule has 0 radical (unpaired) electrons. The van der Waals surface area contributed by atoms with Crippen LogP contribution in [0.1, 0.15) is 59.8 Å². The first kappa shape index (κ1) is 13.4. The minimum absolute atomic E-state index is 0.373. The van der Waals surface area contributed by atoms with Gasteiger partial charge in [-0.15, -0.1) is 0 Å². The summed E-state index contributed by atoms with van der Waals surface area (Å²) in [5.41, 5.74) is 0.868. The van der Waals surface area contributed by atoms with Gasteiger partial charge in [-0.1, -0.05) is 33.6 Å². The lowest BCUT2D eigenvalue weighted by atomic mass is 9.85. The molecule has 1 N–H and O–H groups in total. The van der Waals surface area contributed by atoms with E-state index in [9.17, 15) is 0 Å². The molecular formula is C15H30N2. The predicted molar refractivity (Wildman–Crippen MR) is 74.3 cm³/mol. The molecule has 0 aromatic rings. The van der Waals surface area contributed by atoms with E-state index in [1.54, 1.807) is 0 Å². The molecule has 1 aliphatic heterocycles. The van der Waals surface area contributed by atoms with Gasteiger partial charge >= 0.3 is 0 Å². The lowest BCUT2D eigenvalue weighted by Crippen LogP contribution is -2.52. The summed E-state index contributed by atoms with van der Waals surface area (Å²) in [4.78, 5) is 2.79. The monoisotopic (exact) mass is 238 g/mol. The summed E-state index contributed by atoms with van der Waals surface area (Å²) in [6.45, 7) is 13.3. The van der Waals surface area contributed by atoms with E-state index in [1.165, 1.54) is 51.7 Å². The Labute approximate surface area is 107 Å². The maximum atomic E-state index is 3.75. The Balaban J connectivity index is 2.07. The Kier molecular flexibility index (Phi) is 3.84. The smallest absolute Gasteiger partial charge is 0.0243 e. The molecule has 2 aliphatic rings. The summed E-state index contributed by atoms with van der Waals surface area (Å²) in [6, 6.07) is 0.641.